The van der Waals surface area contributed by atoms with E-state index in [-0.39, 0.29) is 31.5 Å². The van der Waals surface area contributed by atoms with Crippen LogP contribution in [0.3, 0.4) is 0 Å². The Morgan fingerprint density at radius 2 is 2.00 bits per heavy atom. The molecule has 0 saturated carbocycles. The number of likely N-dealkylation sites (N-methyl/N-ethyl adjacent to an activating group) is 1. The Kier molecular flexibility index (Phi) is 9.45. The number of halogens is 2. The van der Waals surface area contributed by atoms with E-state index in [0.717, 1.165) is 22.3 Å². The van der Waals surface area contributed by atoms with Crippen LogP contribution in [0.25, 0.3) is 21.3 Å². The lowest BCUT2D eigenvalue weighted by Crippen LogP contribution is -2.27. The number of anilines is 2. The van der Waals surface area contributed by atoms with Gasteiger partial charge in [0, 0.05) is 30.2 Å². The summed E-state index contributed by atoms with van der Waals surface area (Å²) in [4.78, 5) is 21.9. The number of rotatable bonds is 11. The summed E-state index contributed by atoms with van der Waals surface area (Å²) in [6, 6.07) is 11.1. The number of aliphatic hydroxyl groups excluding tert-OH is 1. The second-order valence-corrected chi connectivity index (χ2v) is 8.71. The number of ether oxygens (including phenoxy) is 1. The van der Waals surface area contributed by atoms with Crippen molar-refractivity contribution in [2.45, 2.75) is 6.54 Å². The van der Waals surface area contributed by atoms with E-state index in [1.807, 2.05) is 31.3 Å². The molecule has 1 amide bonds. The van der Waals surface area contributed by atoms with Gasteiger partial charge in [-0.3, -0.25) is 4.79 Å². The third-order valence-electron chi connectivity index (χ3n) is 4.93. The summed E-state index contributed by atoms with van der Waals surface area (Å²) in [6.07, 6.45) is 0. The zero-order valence-electron chi connectivity index (χ0n) is 18.5. The SMILES string of the molecule is CNCCn1c(Nc2nc3ccc(Cl)cc3s2)nc2cc(C(=O)NCCOCCO)ccc21.Cl. The number of aromatic nitrogens is 3. The highest BCUT2D eigenvalue weighted by Crippen LogP contribution is 2.31. The standard InChI is InChI=1S/C22H25ClN6O3S.ClH/c1-24-6-8-29-18-5-2-14(20(31)25-7-10-32-11-9-30)12-17(18)26-21(29)28-22-27-16-4-3-15(23)13-19(16)33-22;/h2-5,12-13,24,30H,6-11H2,1H3,(H,25,31)(H,26,27,28);1H. The number of carbonyl (C=O) groups is 1. The van der Waals surface area contributed by atoms with Crippen LogP contribution >= 0.6 is 35.3 Å². The van der Waals surface area contributed by atoms with E-state index >= 15 is 0 Å². The molecule has 0 saturated heterocycles. The van der Waals surface area contributed by atoms with Crippen molar-refractivity contribution in [1.82, 2.24) is 25.2 Å². The molecule has 0 aliphatic carbocycles. The van der Waals surface area contributed by atoms with Crippen molar-refractivity contribution in [2.24, 2.45) is 0 Å². The lowest BCUT2D eigenvalue weighted by molar-refractivity contribution is 0.0838. The molecule has 0 unspecified atom stereocenters. The third-order valence-corrected chi connectivity index (χ3v) is 6.10. The normalized spacial score (nSPS) is 11.0. The molecule has 2 heterocycles. The molecule has 0 bridgehead atoms. The molecule has 0 fully saturated rings. The van der Waals surface area contributed by atoms with Gasteiger partial charge in [-0.2, -0.15) is 0 Å². The van der Waals surface area contributed by atoms with Crippen molar-refractivity contribution in [3.05, 3.63) is 47.0 Å². The molecular weight excluding hydrogens is 499 g/mol. The van der Waals surface area contributed by atoms with Gasteiger partial charge in [0.15, 0.2) is 5.13 Å². The number of amides is 1. The highest BCUT2D eigenvalue weighted by atomic mass is 35.5. The fourth-order valence-electron chi connectivity index (χ4n) is 3.37. The van der Waals surface area contributed by atoms with Crippen LogP contribution in [0.4, 0.5) is 11.1 Å². The molecule has 2 aromatic heterocycles. The van der Waals surface area contributed by atoms with Gasteiger partial charge < -0.3 is 30.4 Å². The summed E-state index contributed by atoms with van der Waals surface area (Å²) in [6.45, 7) is 2.37. The van der Waals surface area contributed by atoms with E-state index in [2.05, 4.69) is 25.5 Å². The minimum atomic E-state index is -0.202. The summed E-state index contributed by atoms with van der Waals surface area (Å²) < 4.78 is 8.23. The summed E-state index contributed by atoms with van der Waals surface area (Å²) in [5.74, 6) is 0.451. The molecule has 4 N–H and O–H groups in total. The molecule has 4 aromatic rings. The topological polar surface area (TPSA) is 113 Å². The first-order valence-electron chi connectivity index (χ1n) is 10.5. The van der Waals surface area contributed by atoms with Crippen molar-refractivity contribution in [2.75, 3.05) is 45.3 Å². The number of thiazole rings is 1. The summed E-state index contributed by atoms with van der Waals surface area (Å²) in [5, 5.41) is 19.4. The smallest absolute Gasteiger partial charge is 0.251 e. The van der Waals surface area contributed by atoms with Crippen molar-refractivity contribution in [3.63, 3.8) is 0 Å². The van der Waals surface area contributed by atoms with Crippen LogP contribution in [0.2, 0.25) is 5.02 Å². The van der Waals surface area contributed by atoms with Gasteiger partial charge in [-0.25, -0.2) is 9.97 Å². The van der Waals surface area contributed by atoms with Gasteiger partial charge in [0.1, 0.15) is 0 Å². The summed E-state index contributed by atoms with van der Waals surface area (Å²) >= 11 is 7.61. The maximum absolute atomic E-state index is 12.5. The molecule has 4 rings (SSSR count). The lowest BCUT2D eigenvalue weighted by atomic mass is 10.2. The number of hydrogen-bond donors (Lipinski definition) is 4. The van der Waals surface area contributed by atoms with Crippen molar-refractivity contribution < 1.29 is 14.6 Å². The lowest BCUT2D eigenvalue weighted by Gasteiger charge is -2.09. The van der Waals surface area contributed by atoms with E-state index < -0.39 is 0 Å². The zero-order valence-corrected chi connectivity index (χ0v) is 20.9. The number of nitrogens with one attached hydrogen (secondary N) is 3. The minimum Gasteiger partial charge on any atom is -0.394 e. The molecular formula is C22H26Cl2N6O3S. The molecule has 12 heteroatoms. The number of benzene rings is 2. The van der Waals surface area contributed by atoms with Gasteiger partial charge in [-0.05, 0) is 43.4 Å². The van der Waals surface area contributed by atoms with Crippen molar-refractivity contribution in [3.8, 4) is 0 Å². The maximum atomic E-state index is 12.5. The number of hydrogen-bond acceptors (Lipinski definition) is 8. The largest absolute Gasteiger partial charge is 0.394 e. The second kappa shape index (κ2) is 12.3. The Balaban J connectivity index is 0.00000324. The van der Waals surface area contributed by atoms with Crippen LogP contribution < -0.4 is 16.0 Å². The first kappa shape index (κ1) is 26.1. The Hall–Kier alpha value is -2.47. The number of nitrogens with zero attached hydrogens (tertiary/aromatic N) is 3. The van der Waals surface area contributed by atoms with Crippen LogP contribution in [-0.2, 0) is 11.3 Å². The average Bonchev–Trinajstić information content (AvgIpc) is 3.36. The molecule has 34 heavy (non-hydrogen) atoms. The van der Waals surface area contributed by atoms with Crippen LogP contribution in [0.1, 0.15) is 10.4 Å². The van der Waals surface area contributed by atoms with Crippen LogP contribution in [0.5, 0.6) is 0 Å². The Labute approximate surface area is 211 Å². The number of aliphatic hydroxyl groups is 1. The van der Waals surface area contributed by atoms with Crippen LogP contribution in [-0.4, -0.2) is 65.5 Å². The molecule has 2 aromatic carbocycles. The van der Waals surface area contributed by atoms with Crippen LogP contribution in [0, 0.1) is 0 Å². The monoisotopic (exact) mass is 524 g/mol. The highest BCUT2D eigenvalue weighted by Gasteiger charge is 2.15. The molecule has 182 valence electrons. The molecule has 0 atom stereocenters. The molecule has 0 spiro atoms. The molecule has 0 aliphatic heterocycles. The Morgan fingerprint density at radius 1 is 1.15 bits per heavy atom. The molecule has 0 aliphatic rings. The summed E-state index contributed by atoms with van der Waals surface area (Å²) in [7, 11) is 1.90. The fourth-order valence-corrected chi connectivity index (χ4v) is 4.50. The zero-order chi connectivity index (χ0) is 23.2. The minimum absolute atomic E-state index is 0. The summed E-state index contributed by atoms with van der Waals surface area (Å²) in [5.41, 5.74) is 3.01. The van der Waals surface area contributed by atoms with Gasteiger partial charge in [-0.1, -0.05) is 22.9 Å². The van der Waals surface area contributed by atoms with E-state index in [0.29, 0.717) is 46.9 Å². The third kappa shape index (κ3) is 6.15. The van der Waals surface area contributed by atoms with Gasteiger partial charge in [0.2, 0.25) is 5.95 Å². The molecule has 0 radical (unpaired) electrons. The quantitative estimate of drug-likeness (QED) is 0.222. The van der Waals surface area contributed by atoms with E-state index in [1.165, 1.54) is 11.3 Å². The predicted molar refractivity (Wildman–Crippen MR) is 139 cm³/mol. The first-order valence-corrected chi connectivity index (χ1v) is 11.7. The second-order valence-electron chi connectivity index (χ2n) is 7.24. The van der Waals surface area contributed by atoms with E-state index in [4.69, 9.17) is 26.4 Å². The van der Waals surface area contributed by atoms with Gasteiger partial charge in [0.05, 0.1) is 41.1 Å². The fraction of sp³-hybridized carbons (Fsp3) is 0.318. The van der Waals surface area contributed by atoms with Crippen LogP contribution in [0.15, 0.2) is 36.4 Å². The first-order chi connectivity index (χ1) is 16.1. The highest BCUT2D eigenvalue weighted by molar-refractivity contribution is 7.22. The number of imidazole rings is 1. The van der Waals surface area contributed by atoms with Gasteiger partial charge >= 0.3 is 0 Å². The molecule has 9 nitrogen and oxygen atoms in total. The van der Waals surface area contributed by atoms with Gasteiger partial charge in [-0.15, -0.1) is 12.4 Å². The average molecular weight is 525 g/mol. The Morgan fingerprint density at radius 3 is 2.79 bits per heavy atom. The number of fused-ring (bicyclic) bond motifs is 2. The van der Waals surface area contributed by atoms with E-state index in [9.17, 15) is 4.79 Å². The van der Waals surface area contributed by atoms with E-state index in [1.54, 1.807) is 12.1 Å². The maximum Gasteiger partial charge on any atom is 0.251 e. The van der Waals surface area contributed by atoms with Gasteiger partial charge in [0.25, 0.3) is 5.91 Å². The van der Waals surface area contributed by atoms with Crippen molar-refractivity contribution >= 4 is 73.6 Å². The number of carbonyl (C=O) groups excluding carboxylic acids is 1. The van der Waals surface area contributed by atoms with Crippen molar-refractivity contribution in [1.29, 1.82) is 0 Å². The Bertz CT molecular complexity index is 1260. The predicted octanol–water partition coefficient (Wildman–Crippen LogP) is 3.42.